The summed E-state index contributed by atoms with van der Waals surface area (Å²) < 4.78 is 5.26. The molecule has 0 spiro atoms. The highest BCUT2D eigenvalue weighted by Gasteiger charge is 2.23. The lowest BCUT2D eigenvalue weighted by molar-refractivity contribution is -0.123. The lowest BCUT2D eigenvalue weighted by atomic mass is 10.1. The number of nitrogens with one attached hydrogen (secondary N) is 1. The molecule has 24 heavy (non-hydrogen) atoms. The van der Waals surface area contributed by atoms with E-state index in [-0.39, 0.29) is 5.91 Å². The van der Waals surface area contributed by atoms with Gasteiger partial charge in [-0.3, -0.25) is 4.79 Å². The number of benzene rings is 1. The van der Waals surface area contributed by atoms with Crippen LogP contribution in [0.25, 0.3) is 0 Å². The van der Waals surface area contributed by atoms with Gasteiger partial charge in [0.25, 0.3) is 5.91 Å². The van der Waals surface area contributed by atoms with Crippen LogP contribution in [0.4, 0.5) is 10.8 Å². The van der Waals surface area contributed by atoms with Gasteiger partial charge in [-0.1, -0.05) is 30.4 Å². The maximum atomic E-state index is 12.3. The molecule has 1 aromatic heterocycles. The molecule has 1 atom stereocenters. The zero-order valence-electron chi connectivity index (χ0n) is 14.2. The van der Waals surface area contributed by atoms with E-state index in [1.54, 1.807) is 0 Å². The van der Waals surface area contributed by atoms with E-state index in [4.69, 9.17) is 10.5 Å². The minimum absolute atomic E-state index is 0.311. The van der Waals surface area contributed by atoms with E-state index in [1.807, 2.05) is 39.0 Å². The molecule has 0 unspecified atom stereocenters. The molecule has 0 fully saturated rings. The lowest BCUT2D eigenvalue weighted by Crippen LogP contribution is -2.30. The molecule has 0 aliphatic rings. The molecule has 0 saturated heterocycles. The van der Waals surface area contributed by atoms with Gasteiger partial charge in [0.1, 0.15) is 4.88 Å². The zero-order chi connectivity index (χ0) is 17.9. The highest BCUT2D eigenvalue weighted by Crippen LogP contribution is 2.23. The van der Waals surface area contributed by atoms with Crippen LogP contribution in [0.2, 0.25) is 0 Å². The summed E-state index contributed by atoms with van der Waals surface area (Å²) in [4.78, 5) is 29.0. The Balaban J connectivity index is 2.05. The SMILES string of the molecule is CCc1nc(N)sc1C(=O)O[C@H](C)C(=O)Nc1cc(C)ccc1C. The average molecular weight is 347 g/mol. The molecule has 1 amide bonds. The van der Waals surface area contributed by atoms with E-state index in [2.05, 4.69) is 10.3 Å². The summed E-state index contributed by atoms with van der Waals surface area (Å²) in [6, 6.07) is 5.77. The number of nitrogens with two attached hydrogens (primary N) is 1. The number of nitrogen functional groups attached to an aromatic ring is 1. The van der Waals surface area contributed by atoms with Crippen LogP contribution in [0.1, 0.15) is 40.3 Å². The van der Waals surface area contributed by atoms with E-state index in [0.717, 1.165) is 22.5 Å². The molecule has 0 saturated carbocycles. The van der Waals surface area contributed by atoms with Crippen LogP contribution in [0, 0.1) is 13.8 Å². The van der Waals surface area contributed by atoms with Crippen molar-refractivity contribution in [1.82, 2.24) is 4.98 Å². The van der Waals surface area contributed by atoms with Crippen molar-refractivity contribution in [3.05, 3.63) is 39.9 Å². The van der Waals surface area contributed by atoms with E-state index >= 15 is 0 Å². The molecule has 0 radical (unpaired) electrons. The third-order valence-electron chi connectivity index (χ3n) is 3.54. The standard InChI is InChI=1S/C17H21N3O3S/c1-5-12-14(24-17(18)20-12)16(22)23-11(4)15(21)19-13-8-9(2)6-7-10(13)3/h6-8,11H,5H2,1-4H3,(H2,18,20)(H,19,21)/t11-/m1/s1. The van der Waals surface area contributed by atoms with Crippen molar-refractivity contribution >= 4 is 34.0 Å². The number of esters is 1. The molecular formula is C17H21N3O3S. The Morgan fingerprint density at radius 2 is 2.08 bits per heavy atom. The quantitative estimate of drug-likeness (QED) is 0.811. The first-order valence-electron chi connectivity index (χ1n) is 7.66. The summed E-state index contributed by atoms with van der Waals surface area (Å²) in [5, 5.41) is 3.10. The van der Waals surface area contributed by atoms with Crippen molar-refractivity contribution in [1.29, 1.82) is 0 Å². The second kappa shape index (κ2) is 7.44. The van der Waals surface area contributed by atoms with E-state index < -0.39 is 12.1 Å². The number of anilines is 2. The van der Waals surface area contributed by atoms with E-state index in [9.17, 15) is 9.59 Å². The smallest absolute Gasteiger partial charge is 0.351 e. The van der Waals surface area contributed by atoms with E-state index in [1.165, 1.54) is 6.92 Å². The summed E-state index contributed by atoms with van der Waals surface area (Å²) in [5.41, 5.74) is 8.91. The number of aromatic nitrogens is 1. The van der Waals surface area contributed by atoms with Gasteiger partial charge in [0.05, 0.1) is 5.69 Å². The molecule has 7 heteroatoms. The fourth-order valence-electron chi connectivity index (χ4n) is 2.14. The van der Waals surface area contributed by atoms with Crippen LogP contribution in [0.5, 0.6) is 0 Å². The molecule has 2 rings (SSSR count). The number of ether oxygens (including phenoxy) is 1. The lowest BCUT2D eigenvalue weighted by Gasteiger charge is -2.15. The molecule has 2 aromatic rings. The highest BCUT2D eigenvalue weighted by molar-refractivity contribution is 7.17. The minimum atomic E-state index is -0.926. The van der Waals surface area contributed by atoms with Crippen molar-refractivity contribution < 1.29 is 14.3 Å². The summed E-state index contributed by atoms with van der Waals surface area (Å²) in [6.07, 6.45) is -0.355. The Morgan fingerprint density at radius 3 is 2.75 bits per heavy atom. The largest absolute Gasteiger partial charge is 0.448 e. The molecule has 0 aliphatic heterocycles. The number of aryl methyl sites for hydroxylation is 3. The molecule has 1 heterocycles. The average Bonchev–Trinajstić information content (AvgIpc) is 2.92. The van der Waals surface area contributed by atoms with Gasteiger partial charge in [0.15, 0.2) is 11.2 Å². The topological polar surface area (TPSA) is 94.3 Å². The van der Waals surface area contributed by atoms with Gasteiger partial charge >= 0.3 is 5.97 Å². The summed E-state index contributed by atoms with van der Waals surface area (Å²) in [7, 11) is 0. The van der Waals surface area contributed by atoms with Crippen molar-refractivity contribution in [2.24, 2.45) is 0 Å². The van der Waals surface area contributed by atoms with Crippen LogP contribution < -0.4 is 11.1 Å². The Hall–Kier alpha value is -2.41. The van der Waals surface area contributed by atoms with Crippen molar-refractivity contribution in [3.63, 3.8) is 0 Å². The maximum absolute atomic E-state index is 12.3. The normalized spacial score (nSPS) is 11.8. The Labute approximate surface area is 145 Å². The third kappa shape index (κ3) is 4.11. The van der Waals surface area contributed by atoms with Gasteiger partial charge in [-0.25, -0.2) is 9.78 Å². The molecule has 3 N–H and O–H groups in total. The van der Waals surface area contributed by atoms with Gasteiger partial charge in [-0.15, -0.1) is 0 Å². The third-order valence-corrected chi connectivity index (χ3v) is 4.44. The predicted molar refractivity (Wildman–Crippen MR) is 95.3 cm³/mol. The molecule has 0 aliphatic carbocycles. The highest BCUT2D eigenvalue weighted by atomic mass is 32.1. The zero-order valence-corrected chi connectivity index (χ0v) is 15.0. The van der Waals surface area contributed by atoms with Gasteiger partial charge in [0.2, 0.25) is 0 Å². The van der Waals surface area contributed by atoms with Crippen molar-refractivity contribution in [3.8, 4) is 0 Å². The first-order valence-corrected chi connectivity index (χ1v) is 8.47. The second-order valence-electron chi connectivity index (χ2n) is 5.54. The van der Waals surface area contributed by atoms with Crippen molar-refractivity contribution in [2.75, 3.05) is 11.1 Å². The van der Waals surface area contributed by atoms with Crippen LogP contribution in [0.15, 0.2) is 18.2 Å². The number of carbonyl (C=O) groups excluding carboxylic acids is 2. The number of hydrogen-bond donors (Lipinski definition) is 2. The molecular weight excluding hydrogens is 326 g/mol. The second-order valence-corrected chi connectivity index (χ2v) is 6.57. The summed E-state index contributed by atoms with van der Waals surface area (Å²) >= 11 is 1.07. The maximum Gasteiger partial charge on any atom is 0.351 e. The molecule has 128 valence electrons. The van der Waals surface area contributed by atoms with Crippen LogP contribution in [-0.2, 0) is 16.0 Å². The molecule has 6 nitrogen and oxygen atoms in total. The Kier molecular flexibility index (Phi) is 5.56. The van der Waals surface area contributed by atoms with E-state index in [0.29, 0.717) is 27.8 Å². The van der Waals surface area contributed by atoms with Gasteiger partial charge in [0, 0.05) is 5.69 Å². The van der Waals surface area contributed by atoms with Crippen LogP contribution >= 0.6 is 11.3 Å². The minimum Gasteiger partial charge on any atom is -0.448 e. The van der Waals surface area contributed by atoms with Crippen LogP contribution in [0.3, 0.4) is 0 Å². The Morgan fingerprint density at radius 1 is 1.38 bits per heavy atom. The fourth-order valence-corrected chi connectivity index (χ4v) is 2.95. The van der Waals surface area contributed by atoms with Crippen LogP contribution in [-0.4, -0.2) is 23.0 Å². The number of nitrogens with zero attached hydrogens (tertiary/aromatic N) is 1. The fraction of sp³-hybridized carbons (Fsp3) is 0.353. The first-order chi connectivity index (χ1) is 11.3. The number of rotatable bonds is 5. The predicted octanol–water partition coefficient (Wildman–Crippen LogP) is 3.09. The monoisotopic (exact) mass is 347 g/mol. The molecule has 0 bridgehead atoms. The number of thiazole rings is 1. The summed E-state index contributed by atoms with van der Waals surface area (Å²) in [6.45, 7) is 7.26. The molecule has 1 aromatic carbocycles. The summed E-state index contributed by atoms with van der Waals surface area (Å²) in [5.74, 6) is -0.961. The number of carbonyl (C=O) groups is 2. The van der Waals surface area contributed by atoms with Gasteiger partial charge in [-0.2, -0.15) is 0 Å². The number of amides is 1. The Bertz CT molecular complexity index is 770. The van der Waals surface area contributed by atoms with Gasteiger partial charge < -0.3 is 15.8 Å². The first kappa shape index (κ1) is 17.9. The van der Waals surface area contributed by atoms with Gasteiger partial charge in [-0.05, 0) is 44.4 Å². The number of hydrogen-bond acceptors (Lipinski definition) is 6. The van der Waals surface area contributed by atoms with Crippen molar-refractivity contribution in [2.45, 2.75) is 40.2 Å².